The molecule has 1 atom stereocenters. The summed E-state index contributed by atoms with van der Waals surface area (Å²) in [6.45, 7) is 1.73. The van der Waals surface area contributed by atoms with Crippen LogP contribution in [0, 0.1) is 0 Å². The van der Waals surface area contributed by atoms with Crippen molar-refractivity contribution < 1.29 is 9.53 Å². The third-order valence-electron chi connectivity index (χ3n) is 4.05. The molecule has 3 aromatic rings. The highest BCUT2D eigenvalue weighted by Gasteiger charge is 2.21. The van der Waals surface area contributed by atoms with Gasteiger partial charge in [0.05, 0.1) is 6.04 Å². The van der Waals surface area contributed by atoms with E-state index in [1.807, 2.05) is 60.7 Å². The minimum absolute atomic E-state index is 0.183. The highest BCUT2D eigenvalue weighted by Crippen LogP contribution is 2.22. The Morgan fingerprint density at radius 1 is 0.846 bits per heavy atom. The fraction of sp³-hybridized carbons (Fsp3) is 0.136. The standard InChI is InChI=1S/C22H20ClNO2/c1-16(26-20-14-12-19(23)13-15-20)22(25)24-21(17-8-4-2-5-9-17)18-10-6-3-7-11-18/h2-16,21H,1H3,(H,24,25)/t16-/m1/s1. The zero-order valence-electron chi connectivity index (χ0n) is 14.4. The lowest BCUT2D eigenvalue weighted by atomic mass is 9.98. The van der Waals surface area contributed by atoms with E-state index in [1.165, 1.54) is 0 Å². The van der Waals surface area contributed by atoms with Crippen LogP contribution in [0.1, 0.15) is 24.1 Å². The van der Waals surface area contributed by atoms with E-state index in [-0.39, 0.29) is 11.9 Å². The average molecular weight is 366 g/mol. The summed E-state index contributed by atoms with van der Waals surface area (Å²) in [6, 6.07) is 26.5. The van der Waals surface area contributed by atoms with Crippen LogP contribution in [-0.2, 0) is 4.79 Å². The average Bonchev–Trinajstić information content (AvgIpc) is 2.69. The van der Waals surface area contributed by atoms with Crippen LogP contribution in [0.25, 0.3) is 0 Å². The van der Waals surface area contributed by atoms with Gasteiger partial charge in [-0.2, -0.15) is 0 Å². The minimum atomic E-state index is -0.633. The van der Waals surface area contributed by atoms with Crippen LogP contribution in [0.5, 0.6) is 5.75 Å². The molecule has 1 amide bonds. The number of rotatable bonds is 6. The number of carbonyl (C=O) groups is 1. The summed E-state index contributed by atoms with van der Waals surface area (Å²) in [5, 5.41) is 3.72. The molecule has 0 aliphatic rings. The summed E-state index contributed by atoms with van der Waals surface area (Å²) in [6.07, 6.45) is -0.633. The van der Waals surface area contributed by atoms with E-state index < -0.39 is 6.10 Å². The van der Waals surface area contributed by atoms with Gasteiger partial charge in [-0.1, -0.05) is 72.3 Å². The van der Waals surface area contributed by atoms with Crippen molar-refractivity contribution in [2.75, 3.05) is 0 Å². The molecule has 132 valence electrons. The monoisotopic (exact) mass is 365 g/mol. The third kappa shape index (κ3) is 4.64. The molecular weight excluding hydrogens is 346 g/mol. The van der Waals surface area contributed by atoms with Gasteiger partial charge >= 0.3 is 0 Å². The van der Waals surface area contributed by atoms with E-state index in [9.17, 15) is 4.79 Å². The van der Waals surface area contributed by atoms with Crippen molar-refractivity contribution in [1.82, 2.24) is 5.32 Å². The number of nitrogens with one attached hydrogen (secondary N) is 1. The van der Waals surface area contributed by atoms with E-state index in [2.05, 4.69) is 5.32 Å². The molecule has 0 bridgehead atoms. The lowest BCUT2D eigenvalue weighted by Gasteiger charge is -2.22. The quantitative estimate of drug-likeness (QED) is 0.666. The van der Waals surface area contributed by atoms with Gasteiger partial charge in [-0.25, -0.2) is 0 Å². The molecule has 3 rings (SSSR count). The molecule has 26 heavy (non-hydrogen) atoms. The van der Waals surface area contributed by atoms with Gasteiger partial charge in [-0.05, 0) is 42.3 Å². The van der Waals surface area contributed by atoms with Gasteiger partial charge in [-0.3, -0.25) is 4.79 Å². The summed E-state index contributed by atoms with van der Waals surface area (Å²) < 4.78 is 5.73. The van der Waals surface area contributed by atoms with Crippen LogP contribution in [0.2, 0.25) is 5.02 Å². The van der Waals surface area contributed by atoms with Crippen LogP contribution in [0.4, 0.5) is 0 Å². The summed E-state index contributed by atoms with van der Waals surface area (Å²) in [5.41, 5.74) is 2.04. The van der Waals surface area contributed by atoms with Gasteiger partial charge in [0.2, 0.25) is 0 Å². The fourth-order valence-electron chi connectivity index (χ4n) is 2.68. The van der Waals surface area contributed by atoms with Gasteiger partial charge in [-0.15, -0.1) is 0 Å². The number of hydrogen-bond acceptors (Lipinski definition) is 2. The van der Waals surface area contributed by atoms with Crippen molar-refractivity contribution in [2.45, 2.75) is 19.1 Å². The molecule has 0 radical (unpaired) electrons. The highest BCUT2D eigenvalue weighted by atomic mass is 35.5. The molecule has 0 spiro atoms. The van der Waals surface area contributed by atoms with Crippen molar-refractivity contribution in [1.29, 1.82) is 0 Å². The number of ether oxygens (including phenoxy) is 1. The van der Waals surface area contributed by atoms with E-state index in [0.717, 1.165) is 11.1 Å². The summed E-state index contributed by atoms with van der Waals surface area (Å²) in [5.74, 6) is 0.422. The molecule has 0 aromatic heterocycles. The molecule has 0 unspecified atom stereocenters. The molecule has 3 aromatic carbocycles. The normalized spacial score (nSPS) is 11.8. The number of hydrogen-bond donors (Lipinski definition) is 1. The number of amides is 1. The van der Waals surface area contributed by atoms with E-state index >= 15 is 0 Å². The predicted octanol–water partition coefficient (Wildman–Crippen LogP) is 5.01. The van der Waals surface area contributed by atoms with Crippen LogP contribution < -0.4 is 10.1 Å². The maximum atomic E-state index is 12.7. The Kier molecular flexibility index (Phi) is 5.92. The van der Waals surface area contributed by atoms with Crippen LogP contribution >= 0.6 is 11.6 Å². The summed E-state index contributed by atoms with van der Waals surface area (Å²) in [4.78, 5) is 12.7. The van der Waals surface area contributed by atoms with Crippen molar-refractivity contribution in [3.63, 3.8) is 0 Å². The van der Waals surface area contributed by atoms with Gasteiger partial charge in [0, 0.05) is 5.02 Å². The van der Waals surface area contributed by atoms with Crippen molar-refractivity contribution in [2.24, 2.45) is 0 Å². The molecule has 4 heteroatoms. The molecule has 0 saturated heterocycles. The van der Waals surface area contributed by atoms with Crippen LogP contribution in [0.3, 0.4) is 0 Å². The summed E-state index contributed by atoms with van der Waals surface area (Å²) >= 11 is 5.88. The smallest absolute Gasteiger partial charge is 0.261 e. The lowest BCUT2D eigenvalue weighted by molar-refractivity contribution is -0.127. The Labute approximate surface area is 158 Å². The van der Waals surface area contributed by atoms with Gasteiger partial charge < -0.3 is 10.1 Å². The Hall–Kier alpha value is -2.78. The maximum Gasteiger partial charge on any atom is 0.261 e. The van der Waals surface area contributed by atoms with Crippen molar-refractivity contribution >= 4 is 17.5 Å². The second kappa shape index (κ2) is 8.54. The van der Waals surface area contributed by atoms with E-state index in [0.29, 0.717) is 10.8 Å². The Balaban J connectivity index is 1.75. The molecule has 1 N–H and O–H groups in total. The van der Waals surface area contributed by atoms with Crippen LogP contribution in [0.15, 0.2) is 84.9 Å². The summed E-state index contributed by atoms with van der Waals surface area (Å²) in [7, 11) is 0. The van der Waals surface area contributed by atoms with E-state index in [1.54, 1.807) is 31.2 Å². The molecular formula is C22H20ClNO2. The first-order valence-electron chi connectivity index (χ1n) is 8.46. The Morgan fingerprint density at radius 2 is 1.35 bits per heavy atom. The predicted molar refractivity (Wildman–Crippen MR) is 104 cm³/mol. The highest BCUT2D eigenvalue weighted by molar-refractivity contribution is 6.30. The Morgan fingerprint density at radius 3 is 1.85 bits per heavy atom. The van der Waals surface area contributed by atoms with Crippen molar-refractivity contribution in [3.05, 3.63) is 101 Å². The topological polar surface area (TPSA) is 38.3 Å². The maximum absolute atomic E-state index is 12.7. The van der Waals surface area contributed by atoms with Crippen molar-refractivity contribution in [3.8, 4) is 5.75 Å². The fourth-order valence-corrected chi connectivity index (χ4v) is 2.81. The second-order valence-electron chi connectivity index (χ2n) is 5.98. The first-order chi connectivity index (χ1) is 12.6. The van der Waals surface area contributed by atoms with E-state index in [4.69, 9.17) is 16.3 Å². The molecule has 0 heterocycles. The first-order valence-corrected chi connectivity index (χ1v) is 8.84. The van der Waals surface area contributed by atoms with Gasteiger partial charge in [0.25, 0.3) is 5.91 Å². The molecule has 3 nitrogen and oxygen atoms in total. The SMILES string of the molecule is C[C@@H](Oc1ccc(Cl)cc1)C(=O)NC(c1ccccc1)c1ccccc1. The molecule has 0 saturated carbocycles. The first kappa shape index (κ1) is 18.0. The number of carbonyl (C=O) groups excluding carboxylic acids is 1. The second-order valence-corrected chi connectivity index (χ2v) is 6.41. The molecule has 0 fully saturated rings. The zero-order valence-corrected chi connectivity index (χ0v) is 15.2. The van der Waals surface area contributed by atoms with Gasteiger partial charge in [0.15, 0.2) is 6.10 Å². The van der Waals surface area contributed by atoms with Crippen LogP contribution in [-0.4, -0.2) is 12.0 Å². The Bertz CT molecular complexity index is 796. The number of halogens is 1. The zero-order chi connectivity index (χ0) is 18.4. The minimum Gasteiger partial charge on any atom is -0.481 e. The largest absolute Gasteiger partial charge is 0.481 e. The lowest BCUT2D eigenvalue weighted by Crippen LogP contribution is -2.39. The number of benzene rings is 3. The van der Waals surface area contributed by atoms with Gasteiger partial charge in [0.1, 0.15) is 5.75 Å². The molecule has 0 aliphatic carbocycles. The molecule has 0 aliphatic heterocycles. The third-order valence-corrected chi connectivity index (χ3v) is 4.30.